The van der Waals surface area contributed by atoms with Gasteiger partial charge in [-0.05, 0) is 68.9 Å². The summed E-state index contributed by atoms with van der Waals surface area (Å²) >= 11 is 8.65. The molecule has 2 fully saturated rings. The van der Waals surface area contributed by atoms with Crippen LogP contribution in [0.1, 0.15) is 31.1 Å². The van der Waals surface area contributed by atoms with Crippen LogP contribution in [-0.2, 0) is 4.74 Å². The minimum absolute atomic E-state index is 0.00434. The van der Waals surface area contributed by atoms with Gasteiger partial charge >= 0.3 is 0 Å². The second kappa shape index (κ2) is 5.72. The lowest BCUT2D eigenvalue weighted by atomic mass is 9.81. The Balaban J connectivity index is 1.74. The molecule has 2 aliphatic rings. The van der Waals surface area contributed by atoms with Crippen molar-refractivity contribution in [2.24, 2.45) is 5.92 Å². The van der Waals surface area contributed by atoms with E-state index in [1.165, 1.54) is 5.75 Å². The molecule has 0 aliphatic carbocycles. The van der Waals surface area contributed by atoms with Crippen LogP contribution >= 0.6 is 43.6 Å². The topological polar surface area (TPSA) is 42.6 Å². The van der Waals surface area contributed by atoms with Crippen LogP contribution in [0.5, 0.6) is 0 Å². The summed E-state index contributed by atoms with van der Waals surface area (Å²) in [6, 6.07) is 1.85. The summed E-state index contributed by atoms with van der Waals surface area (Å²) in [6.07, 6.45) is 2.38. The van der Waals surface area contributed by atoms with Crippen molar-refractivity contribution in [2.45, 2.75) is 31.0 Å². The van der Waals surface area contributed by atoms with Crippen LogP contribution in [0.15, 0.2) is 19.6 Å². The van der Waals surface area contributed by atoms with Gasteiger partial charge in [-0.2, -0.15) is 11.8 Å². The molecule has 0 radical (unpaired) electrons. The highest BCUT2D eigenvalue weighted by molar-refractivity contribution is 9.13. The van der Waals surface area contributed by atoms with Gasteiger partial charge in [0.05, 0.1) is 10.1 Å². The molecular formula is C13H16Br2O3S. The molecule has 1 aromatic heterocycles. The first kappa shape index (κ1) is 14.4. The summed E-state index contributed by atoms with van der Waals surface area (Å²) in [5.41, 5.74) is -0.00434. The van der Waals surface area contributed by atoms with E-state index in [0.29, 0.717) is 10.4 Å². The normalized spacial score (nSPS) is 32.9. The van der Waals surface area contributed by atoms with Gasteiger partial charge in [0.2, 0.25) is 0 Å². The number of aliphatic hydroxyl groups is 1. The number of furan rings is 1. The molecule has 3 unspecified atom stereocenters. The Hall–Kier alpha value is 0.510. The SMILES string of the molecule is OC(c1cc(Br)c(Br)o1)C1CCOC2(CCSC2)C1. The lowest BCUT2D eigenvalue weighted by molar-refractivity contribution is -0.104. The summed E-state index contributed by atoms with van der Waals surface area (Å²) in [5.74, 6) is 3.08. The van der Waals surface area contributed by atoms with Crippen LogP contribution in [-0.4, -0.2) is 28.8 Å². The van der Waals surface area contributed by atoms with Gasteiger partial charge in [-0.15, -0.1) is 0 Å². The van der Waals surface area contributed by atoms with Crippen molar-refractivity contribution in [1.29, 1.82) is 0 Å². The summed E-state index contributed by atoms with van der Waals surface area (Å²) < 4.78 is 13.0. The van der Waals surface area contributed by atoms with E-state index in [2.05, 4.69) is 31.9 Å². The minimum atomic E-state index is -0.547. The molecule has 19 heavy (non-hydrogen) atoms. The highest BCUT2D eigenvalue weighted by Crippen LogP contribution is 2.44. The molecule has 1 N–H and O–H groups in total. The highest BCUT2D eigenvalue weighted by Gasteiger charge is 2.43. The second-order valence-corrected chi connectivity index (χ2v) is 7.98. The first-order valence-electron chi connectivity index (χ1n) is 6.44. The number of aliphatic hydroxyl groups excluding tert-OH is 1. The van der Waals surface area contributed by atoms with Gasteiger partial charge in [-0.25, -0.2) is 0 Å². The lowest BCUT2D eigenvalue weighted by Gasteiger charge is -2.39. The fourth-order valence-corrected chi connectivity index (χ4v) is 4.93. The number of thioether (sulfide) groups is 1. The molecule has 6 heteroatoms. The van der Waals surface area contributed by atoms with Crippen molar-refractivity contribution in [3.8, 4) is 0 Å². The van der Waals surface area contributed by atoms with E-state index in [0.717, 1.165) is 36.1 Å². The molecule has 0 bridgehead atoms. The maximum Gasteiger partial charge on any atom is 0.183 e. The van der Waals surface area contributed by atoms with E-state index in [4.69, 9.17) is 9.15 Å². The van der Waals surface area contributed by atoms with Crippen molar-refractivity contribution in [1.82, 2.24) is 0 Å². The molecule has 0 saturated carbocycles. The molecule has 3 heterocycles. The van der Waals surface area contributed by atoms with Gasteiger partial charge in [-0.1, -0.05) is 0 Å². The van der Waals surface area contributed by atoms with E-state index < -0.39 is 6.10 Å². The van der Waals surface area contributed by atoms with E-state index >= 15 is 0 Å². The van der Waals surface area contributed by atoms with E-state index in [9.17, 15) is 5.11 Å². The van der Waals surface area contributed by atoms with Crippen molar-refractivity contribution in [3.63, 3.8) is 0 Å². The molecule has 1 aromatic rings. The Morgan fingerprint density at radius 3 is 2.95 bits per heavy atom. The number of halogens is 2. The Bertz CT molecular complexity index is 437. The molecular weight excluding hydrogens is 396 g/mol. The maximum atomic E-state index is 10.5. The zero-order chi connectivity index (χ0) is 13.5. The number of rotatable bonds is 2. The van der Waals surface area contributed by atoms with E-state index in [-0.39, 0.29) is 11.5 Å². The van der Waals surface area contributed by atoms with Gasteiger partial charge in [0.25, 0.3) is 0 Å². The largest absolute Gasteiger partial charge is 0.450 e. The third kappa shape index (κ3) is 2.93. The summed E-state index contributed by atoms with van der Waals surface area (Å²) in [7, 11) is 0. The van der Waals surface area contributed by atoms with Crippen LogP contribution < -0.4 is 0 Å². The molecule has 2 saturated heterocycles. The smallest absolute Gasteiger partial charge is 0.183 e. The van der Waals surface area contributed by atoms with Gasteiger partial charge in [0.1, 0.15) is 11.9 Å². The van der Waals surface area contributed by atoms with E-state index in [1.54, 1.807) is 0 Å². The first-order chi connectivity index (χ1) is 9.10. The van der Waals surface area contributed by atoms with Crippen LogP contribution in [0.2, 0.25) is 0 Å². The lowest BCUT2D eigenvalue weighted by Crippen LogP contribution is -2.41. The monoisotopic (exact) mass is 410 g/mol. The molecule has 3 atom stereocenters. The predicted octanol–water partition coefficient (Wildman–Crippen LogP) is 4.14. The van der Waals surface area contributed by atoms with Crippen LogP contribution in [0.3, 0.4) is 0 Å². The van der Waals surface area contributed by atoms with Gasteiger partial charge in [0.15, 0.2) is 4.67 Å². The average molecular weight is 412 g/mol. The van der Waals surface area contributed by atoms with Crippen molar-refractivity contribution in [2.75, 3.05) is 18.1 Å². The Morgan fingerprint density at radius 2 is 2.32 bits per heavy atom. The predicted molar refractivity (Wildman–Crippen MR) is 82.4 cm³/mol. The number of ether oxygens (including phenoxy) is 1. The second-order valence-electron chi connectivity index (χ2n) is 5.30. The van der Waals surface area contributed by atoms with Crippen LogP contribution in [0.4, 0.5) is 0 Å². The van der Waals surface area contributed by atoms with Crippen LogP contribution in [0, 0.1) is 5.92 Å². The van der Waals surface area contributed by atoms with Gasteiger partial charge in [0, 0.05) is 12.4 Å². The third-order valence-electron chi connectivity index (χ3n) is 4.00. The fourth-order valence-electron chi connectivity index (χ4n) is 2.94. The molecule has 0 aromatic carbocycles. The van der Waals surface area contributed by atoms with Gasteiger partial charge < -0.3 is 14.3 Å². The Kier molecular flexibility index (Phi) is 4.35. The van der Waals surface area contributed by atoms with Crippen LogP contribution in [0.25, 0.3) is 0 Å². The molecule has 1 spiro atoms. The molecule has 2 aliphatic heterocycles. The number of hydrogen-bond acceptors (Lipinski definition) is 4. The third-order valence-corrected chi connectivity index (χ3v) is 6.93. The summed E-state index contributed by atoms with van der Waals surface area (Å²) in [4.78, 5) is 0. The van der Waals surface area contributed by atoms with Crippen molar-refractivity contribution >= 4 is 43.6 Å². The Labute approximate surface area is 133 Å². The standard InChI is InChI=1S/C13H16Br2O3S/c14-9-5-10(18-12(9)15)11(16)8-1-3-17-13(6-8)2-4-19-7-13/h5,8,11,16H,1-4,6-7H2. The highest BCUT2D eigenvalue weighted by atomic mass is 79.9. The quantitative estimate of drug-likeness (QED) is 0.793. The summed E-state index contributed by atoms with van der Waals surface area (Å²) in [5, 5.41) is 10.5. The number of hydrogen-bond donors (Lipinski definition) is 1. The van der Waals surface area contributed by atoms with E-state index in [1.807, 2.05) is 17.8 Å². The Morgan fingerprint density at radius 1 is 1.47 bits per heavy atom. The average Bonchev–Trinajstić information content (AvgIpc) is 2.97. The molecule has 0 amide bonds. The zero-order valence-electron chi connectivity index (χ0n) is 10.4. The van der Waals surface area contributed by atoms with Crippen molar-refractivity contribution < 1.29 is 14.3 Å². The zero-order valence-corrected chi connectivity index (χ0v) is 14.4. The van der Waals surface area contributed by atoms with Gasteiger partial charge in [-0.3, -0.25) is 0 Å². The molecule has 3 rings (SSSR count). The van der Waals surface area contributed by atoms with Crippen molar-refractivity contribution in [3.05, 3.63) is 21.0 Å². The maximum absolute atomic E-state index is 10.5. The minimum Gasteiger partial charge on any atom is -0.450 e. The summed E-state index contributed by atoms with van der Waals surface area (Å²) in [6.45, 7) is 0.741. The molecule has 3 nitrogen and oxygen atoms in total. The molecule has 106 valence electrons. The first-order valence-corrected chi connectivity index (χ1v) is 9.18. The fraction of sp³-hybridized carbons (Fsp3) is 0.692.